The Bertz CT molecular complexity index is 985. The normalized spacial score (nSPS) is 19.2. The molecule has 1 aromatic heterocycles. The van der Waals surface area contributed by atoms with Crippen LogP contribution in [-0.2, 0) is 25.5 Å². The van der Waals surface area contributed by atoms with Crippen molar-refractivity contribution in [1.29, 1.82) is 0 Å². The van der Waals surface area contributed by atoms with Gasteiger partial charge in [-0.25, -0.2) is 14.6 Å². The van der Waals surface area contributed by atoms with E-state index in [4.69, 9.17) is 14.5 Å². The Labute approximate surface area is 191 Å². The van der Waals surface area contributed by atoms with E-state index in [9.17, 15) is 14.4 Å². The average Bonchev–Trinajstić information content (AvgIpc) is 3.37. The Kier molecular flexibility index (Phi) is 6.74. The minimum Gasteiger partial charge on any atom is -0.464 e. The van der Waals surface area contributed by atoms with Gasteiger partial charge >= 0.3 is 12.1 Å². The molecule has 3 heterocycles. The van der Waals surface area contributed by atoms with Gasteiger partial charge < -0.3 is 14.4 Å². The Balaban J connectivity index is 1.35. The molecule has 1 aromatic carbocycles. The molecule has 0 saturated carbocycles. The van der Waals surface area contributed by atoms with Crippen LogP contribution in [0.2, 0.25) is 0 Å². The summed E-state index contributed by atoms with van der Waals surface area (Å²) in [5.41, 5.74) is 1.86. The molecular formula is C23H27N3O5S. The predicted molar refractivity (Wildman–Crippen MR) is 119 cm³/mol. The molecule has 0 aliphatic carbocycles. The predicted octanol–water partition coefficient (Wildman–Crippen LogP) is 3.04. The Morgan fingerprint density at radius 1 is 1.22 bits per heavy atom. The molecule has 32 heavy (non-hydrogen) atoms. The number of aromatic nitrogens is 1. The highest BCUT2D eigenvalue weighted by Gasteiger charge is 2.44. The number of aryl methyl sites for hydroxylation is 1. The van der Waals surface area contributed by atoms with Gasteiger partial charge in [-0.2, -0.15) is 0 Å². The first kappa shape index (κ1) is 22.3. The van der Waals surface area contributed by atoms with Crippen LogP contribution in [0.15, 0.2) is 30.3 Å². The van der Waals surface area contributed by atoms with Gasteiger partial charge in [0.15, 0.2) is 6.04 Å². The van der Waals surface area contributed by atoms with Gasteiger partial charge in [-0.05, 0) is 26.7 Å². The molecular weight excluding hydrogens is 430 g/mol. The van der Waals surface area contributed by atoms with Crippen molar-refractivity contribution in [2.75, 3.05) is 26.3 Å². The van der Waals surface area contributed by atoms with Crippen LogP contribution in [0.3, 0.4) is 0 Å². The van der Waals surface area contributed by atoms with Crippen molar-refractivity contribution in [3.63, 3.8) is 0 Å². The molecule has 9 heteroatoms. The molecule has 4 rings (SSSR count). The summed E-state index contributed by atoms with van der Waals surface area (Å²) in [6.45, 7) is 5.05. The largest absolute Gasteiger partial charge is 0.464 e. The van der Waals surface area contributed by atoms with Crippen molar-refractivity contribution in [2.45, 2.75) is 45.2 Å². The van der Waals surface area contributed by atoms with E-state index in [2.05, 4.69) is 0 Å². The molecule has 0 bridgehead atoms. The molecule has 2 saturated heterocycles. The van der Waals surface area contributed by atoms with E-state index >= 15 is 0 Å². The first-order valence-corrected chi connectivity index (χ1v) is 11.7. The minimum atomic E-state index is -0.705. The van der Waals surface area contributed by atoms with Gasteiger partial charge in [0, 0.05) is 29.6 Å². The van der Waals surface area contributed by atoms with Crippen LogP contribution in [0.25, 0.3) is 10.6 Å². The number of likely N-dealkylation sites (tertiary alicyclic amines) is 1. The highest BCUT2D eigenvalue weighted by molar-refractivity contribution is 7.15. The molecule has 2 aliphatic heterocycles. The summed E-state index contributed by atoms with van der Waals surface area (Å²) >= 11 is 1.60. The summed E-state index contributed by atoms with van der Waals surface area (Å²) in [5.74, 6) is -0.410. The van der Waals surface area contributed by atoms with E-state index in [-0.39, 0.29) is 31.6 Å². The zero-order chi connectivity index (χ0) is 22.7. The molecule has 0 radical (unpaired) electrons. The van der Waals surface area contributed by atoms with Crippen molar-refractivity contribution in [3.8, 4) is 10.6 Å². The highest BCUT2D eigenvalue weighted by Crippen LogP contribution is 2.29. The van der Waals surface area contributed by atoms with E-state index in [0.717, 1.165) is 21.1 Å². The van der Waals surface area contributed by atoms with Crippen LogP contribution in [0, 0.1) is 6.92 Å². The van der Waals surface area contributed by atoms with Crippen LogP contribution in [-0.4, -0.2) is 71.1 Å². The maximum absolute atomic E-state index is 12.9. The van der Waals surface area contributed by atoms with Crippen LogP contribution < -0.4 is 0 Å². The lowest BCUT2D eigenvalue weighted by atomic mass is 10.0. The summed E-state index contributed by atoms with van der Waals surface area (Å²) < 4.78 is 10.2. The van der Waals surface area contributed by atoms with Crippen molar-refractivity contribution < 1.29 is 23.9 Å². The lowest BCUT2D eigenvalue weighted by molar-refractivity contribution is -0.149. The third-order valence-corrected chi connectivity index (χ3v) is 6.97. The summed E-state index contributed by atoms with van der Waals surface area (Å²) in [6.07, 6.45) is 0.973. The SMILES string of the molecule is CCOC(=O)C1COC(=O)N1C1CCN(C(=O)Cc2nc(-c3ccccc3)sc2C)CC1. The zero-order valence-corrected chi connectivity index (χ0v) is 19.1. The van der Waals surface area contributed by atoms with E-state index < -0.39 is 18.1 Å². The topological polar surface area (TPSA) is 89.0 Å². The van der Waals surface area contributed by atoms with Crippen molar-refractivity contribution in [2.24, 2.45) is 0 Å². The number of rotatable bonds is 6. The summed E-state index contributed by atoms with van der Waals surface area (Å²) in [4.78, 5) is 46.4. The maximum atomic E-state index is 12.9. The van der Waals surface area contributed by atoms with Gasteiger partial charge in [0.1, 0.15) is 11.6 Å². The van der Waals surface area contributed by atoms with Gasteiger partial charge in [0.2, 0.25) is 5.91 Å². The van der Waals surface area contributed by atoms with Gasteiger partial charge in [0.05, 0.1) is 18.7 Å². The smallest absolute Gasteiger partial charge is 0.410 e. The van der Waals surface area contributed by atoms with E-state index in [0.29, 0.717) is 25.9 Å². The van der Waals surface area contributed by atoms with Crippen LogP contribution >= 0.6 is 11.3 Å². The zero-order valence-electron chi connectivity index (χ0n) is 18.3. The first-order valence-electron chi connectivity index (χ1n) is 10.9. The molecule has 0 spiro atoms. The van der Waals surface area contributed by atoms with E-state index in [1.165, 1.54) is 4.90 Å². The number of cyclic esters (lactones) is 1. The molecule has 8 nitrogen and oxygen atoms in total. The number of benzene rings is 1. The molecule has 170 valence electrons. The van der Waals surface area contributed by atoms with Gasteiger partial charge in [0.25, 0.3) is 0 Å². The van der Waals surface area contributed by atoms with Gasteiger partial charge in [-0.1, -0.05) is 30.3 Å². The fraction of sp³-hybridized carbons (Fsp3) is 0.478. The molecule has 2 aromatic rings. The third-order valence-electron chi connectivity index (χ3n) is 5.91. The Hall–Kier alpha value is -2.94. The first-order chi connectivity index (χ1) is 15.5. The van der Waals surface area contributed by atoms with E-state index in [1.54, 1.807) is 18.3 Å². The maximum Gasteiger partial charge on any atom is 0.410 e. The van der Waals surface area contributed by atoms with Crippen molar-refractivity contribution >= 4 is 29.3 Å². The second-order valence-electron chi connectivity index (χ2n) is 7.93. The molecule has 2 fully saturated rings. The van der Waals surface area contributed by atoms with Gasteiger partial charge in [-0.3, -0.25) is 9.69 Å². The molecule has 1 unspecified atom stereocenters. The lowest BCUT2D eigenvalue weighted by Crippen LogP contribution is -2.52. The monoisotopic (exact) mass is 457 g/mol. The quantitative estimate of drug-likeness (QED) is 0.620. The second kappa shape index (κ2) is 9.68. The number of carbonyl (C=O) groups excluding carboxylic acids is 3. The molecule has 2 aliphatic rings. The molecule has 1 atom stereocenters. The number of esters is 1. The third kappa shape index (κ3) is 4.62. The van der Waals surface area contributed by atoms with Crippen molar-refractivity contribution in [1.82, 2.24) is 14.8 Å². The number of thiazole rings is 1. The second-order valence-corrected chi connectivity index (χ2v) is 9.13. The molecule has 0 N–H and O–H groups in total. The Morgan fingerprint density at radius 3 is 2.62 bits per heavy atom. The number of ether oxygens (including phenoxy) is 2. The summed E-state index contributed by atoms with van der Waals surface area (Å²) in [6, 6.07) is 9.10. The average molecular weight is 458 g/mol. The van der Waals surface area contributed by atoms with Crippen LogP contribution in [0.1, 0.15) is 30.3 Å². The molecule has 2 amide bonds. The number of hydrogen-bond acceptors (Lipinski definition) is 7. The summed E-state index contributed by atoms with van der Waals surface area (Å²) in [5, 5.41) is 0.919. The fourth-order valence-electron chi connectivity index (χ4n) is 4.20. The standard InChI is InChI=1S/C23H27N3O5S/c1-3-30-22(28)19-14-31-23(29)26(19)17-9-11-25(12-10-17)20(27)13-18-15(2)32-21(24-18)16-7-5-4-6-8-16/h4-8,17,19H,3,9-14H2,1-2H3. The van der Waals surface area contributed by atoms with E-state index in [1.807, 2.05) is 42.2 Å². The number of hydrogen-bond donors (Lipinski definition) is 0. The van der Waals surface area contributed by atoms with Crippen molar-refractivity contribution in [3.05, 3.63) is 40.9 Å². The number of carbonyl (C=O) groups is 3. The highest BCUT2D eigenvalue weighted by atomic mass is 32.1. The number of nitrogens with zero attached hydrogens (tertiary/aromatic N) is 3. The minimum absolute atomic E-state index is 0.0175. The number of amides is 2. The fourth-order valence-corrected chi connectivity index (χ4v) is 5.14. The lowest BCUT2D eigenvalue weighted by Gasteiger charge is -2.37. The summed E-state index contributed by atoms with van der Waals surface area (Å²) in [7, 11) is 0. The van der Waals surface area contributed by atoms with Crippen LogP contribution in [0.5, 0.6) is 0 Å². The van der Waals surface area contributed by atoms with Crippen LogP contribution in [0.4, 0.5) is 4.79 Å². The Morgan fingerprint density at radius 2 is 1.94 bits per heavy atom. The van der Waals surface area contributed by atoms with Gasteiger partial charge in [-0.15, -0.1) is 11.3 Å². The number of piperidine rings is 1.